The molecule has 12 atom stereocenters. The van der Waals surface area contributed by atoms with E-state index in [1.165, 1.54) is 34.0 Å². The molecule has 0 aliphatic carbocycles. The Hall–Kier alpha value is -5.67. The average molecular weight is 1220 g/mol. The lowest BCUT2D eigenvalue weighted by Gasteiger charge is -2.34. The van der Waals surface area contributed by atoms with E-state index in [-0.39, 0.29) is 54.9 Å². The van der Waals surface area contributed by atoms with Crippen molar-refractivity contribution in [2.75, 3.05) is 38.4 Å². The number of carboxylic acids is 2. The molecule has 0 radical (unpaired) electrons. The molecule has 2 aromatic carbocycles. The number of aliphatic carboxylic acids is 2. The molecule has 0 fully saturated rings. The minimum atomic E-state index is -2.19. The number of ether oxygens (including phenoxy) is 5. The van der Waals surface area contributed by atoms with Crippen LogP contribution in [0.4, 0.5) is 4.79 Å². The van der Waals surface area contributed by atoms with Crippen LogP contribution >= 0.6 is 44.8 Å². The highest BCUT2D eigenvalue weighted by molar-refractivity contribution is 8.76. The number of rotatable bonds is 28. The number of carboxylic acid groups (broad SMARTS) is 2. The molecule has 0 spiro atoms. The van der Waals surface area contributed by atoms with Crippen LogP contribution in [0.15, 0.2) is 60.7 Å². The van der Waals surface area contributed by atoms with Gasteiger partial charge in [-0.2, -0.15) is 0 Å². The number of esters is 2. The minimum Gasteiger partial charge on any atom is -0.495 e. The zero-order valence-corrected chi connectivity index (χ0v) is 49.0. The van der Waals surface area contributed by atoms with Crippen LogP contribution in [0, 0.1) is 29.1 Å². The molecular weight excluding hydrogens is 1150 g/mol. The lowest BCUT2D eigenvalue weighted by atomic mass is 9.86. The summed E-state index contributed by atoms with van der Waals surface area (Å²) < 4.78 is 28.5. The predicted octanol–water partition coefficient (Wildman–Crippen LogP) is 4.20. The number of carbonyl (C=O) groups is 9. The van der Waals surface area contributed by atoms with Crippen molar-refractivity contribution in [1.29, 1.82) is 0 Å². The van der Waals surface area contributed by atoms with E-state index in [1.54, 1.807) is 69.3 Å². The SMILES string of the molecule is COc1ccc(C[C@H]2NC(=O)/C=C/C[C@@H]([C@H](C)[C@@H](OC(=O)OCCSSCC(NC(=O)[C@@H](CC(=O)[C@@H](C)CC(=O)O)[C@@H](O)[C@H](O)[C@H](O)CO)C(=O)O)[C@@H](Cl)c3ccccc3)OC(=O)[C@H](CC(C)C)OC(=O)C(C)(C)CNC2=O)cc1Cl. The van der Waals surface area contributed by atoms with Gasteiger partial charge in [0.25, 0.3) is 0 Å². The van der Waals surface area contributed by atoms with Crippen LogP contribution < -0.4 is 20.7 Å². The number of methoxy groups -OCH3 is 1. The Bertz CT molecular complexity index is 2490. The molecule has 1 heterocycles. The molecule has 23 nitrogen and oxygen atoms in total. The first-order valence-electron chi connectivity index (χ1n) is 25.8. The van der Waals surface area contributed by atoms with Gasteiger partial charge >= 0.3 is 30.0 Å². The number of aliphatic hydroxyl groups is 4. The third kappa shape index (κ3) is 22.9. The quantitative estimate of drug-likeness (QED) is 0.0189. The Balaban J connectivity index is 1.85. The summed E-state index contributed by atoms with van der Waals surface area (Å²) in [6, 6.07) is 10.5. The van der Waals surface area contributed by atoms with Gasteiger partial charge in [0.1, 0.15) is 54.6 Å². The largest absolute Gasteiger partial charge is 0.508 e. The van der Waals surface area contributed by atoms with Crippen LogP contribution in [0.2, 0.25) is 5.02 Å². The van der Waals surface area contributed by atoms with Gasteiger partial charge in [-0.3, -0.25) is 28.8 Å². The third-order valence-electron chi connectivity index (χ3n) is 12.8. The normalized spacial score (nSPS) is 20.9. The number of nitrogens with one attached hydrogen (secondary N) is 3. The highest BCUT2D eigenvalue weighted by Crippen LogP contribution is 2.35. The molecule has 27 heteroatoms. The van der Waals surface area contributed by atoms with E-state index in [2.05, 4.69) is 16.0 Å². The van der Waals surface area contributed by atoms with Crippen molar-refractivity contribution in [3.05, 3.63) is 76.8 Å². The van der Waals surface area contributed by atoms with Crippen LogP contribution in [0.1, 0.15) is 83.7 Å². The van der Waals surface area contributed by atoms with Gasteiger partial charge in [-0.25, -0.2) is 14.4 Å². The molecule has 0 saturated carbocycles. The third-order valence-corrected chi connectivity index (χ3v) is 16.0. The summed E-state index contributed by atoms with van der Waals surface area (Å²) in [6.45, 7) is 7.85. The van der Waals surface area contributed by atoms with Crippen LogP contribution in [0.25, 0.3) is 0 Å². The van der Waals surface area contributed by atoms with Gasteiger partial charge in [0, 0.05) is 49.1 Å². The van der Waals surface area contributed by atoms with Crippen molar-refractivity contribution in [1.82, 2.24) is 16.0 Å². The molecular formula is C54H73Cl2N3O20S2. The van der Waals surface area contributed by atoms with E-state index in [9.17, 15) is 68.7 Å². The Kier molecular flexibility index (Phi) is 29.3. The number of amides is 3. The summed E-state index contributed by atoms with van der Waals surface area (Å²) in [5.74, 6) is -12.2. The van der Waals surface area contributed by atoms with Crippen molar-refractivity contribution >= 4 is 98.3 Å². The fourth-order valence-corrected chi connectivity index (χ4v) is 10.6. The molecule has 1 aliphatic heterocycles. The fraction of sp³-hybridized carbons (Fsp3) is 0.574. The molecule has 2 aromatic rings. The molecule has 81 heavy (non-hydrogen) atoms. The van der Waals surface area contributed by atoms with Crippen LogP contribution in [0.3, 0.4) is 0 Å². The first kappa shape index (κ1) is 69.6. The number of aliphatic hydroxyl groups excluding tert-OH is 4. The van der Waals surface area contributed by atoms with Gasteiger partial charge in [-0.15, -0.1) is 11.6 Å². The lowest BCUT2D eigenvalue weighted by molar-refractivity contribution is -0.180. The van der Waals surface area contributed by atoms with Crippen LogP contribution in [0.5, 0.6) is 5.75 Å². The van der Waals surface area contributed by atoms with Gasteiger partial charge in [-0.1, -0.05) is 103 Å². The number of hydrogen-bond acceptors (Lipinski definition) is 20. The van der Waals surface area contributed by atoms with Crippen molar-refractivity contribution in [2.24, 2.45) is 29.1 Å². The zero-order chi connectivity index (χ0) is 60.7. The molecule has 3 amide bonds. The van der Waals surface area contributed by atoms with E-state index in [1.807, 2.05) is 0 Å². The number of alkyl halides is 1. The van der Waals surface area contributed by atoms with E-state index < -0.39 is 150 Å². The molecule has 1 aliphatic rings. The topological polar surface area (TPSA) is 357 Å². The fourth-order valence-electron chi connectivity index (χ4n) is 7.96. The molecule has 3 rings (SSSR count). The van der Waals surface area contributed by atoms with Gasteiger partial charge < -0.3 is 70.3 Å². The molecule has 9 N–H and O–H groups in total. The standard InChI is InChI=1S/C54H73Cl2N3O20S2/c1-28(2)20-41-51(72)77-39(14-11-15-42(63)58-35(23-31-16-17-40(75-7)34(55)22-31)49(69)57-27-54(5,6)52(73)78-41)30(4)47(44(56)32-12-9-8-10-13-32)79-53(74)76-18-19-80-81-26-36(50(70)71)59-48(68)33(45(66)46(67)38(62)25-60)24-37(61)29(3)21-43(64)65/h8-13,15-17,22,28-30,33,35-36,38-39,41,44-47,60,62,66-67H,14,18-21,23-27H2,1-7H3,(H,57,69)(H,58,63)(H,59,68)(H,64,65)(H,70,71)/b15-11+/t29-,30-,33-,35+,36?,38+,39-,41-,44-,45+,46+,47+/m0/s1. The maximum atomic E-state index is 14.2. The number of Topliss-reactive ketones (excluding diaryl/α,β-unsaturated/α-hetero) is 1. The van der Waals surface area contributed by atoms with Crippen molar-refractivity contribution < 1.29 is 97.5 Å². The number of hydrogen-bond donors (Lipinski definition) is 9. The number of halogens is 2. The Morgan fingerprint density at radius 1 is 0.926 bits per heavy atom. The smallest absolute Gasteiger partial charge is 0.495 e. The predicted molar refractivity (Wildman–Crippen MR) is 298 cm³/mol. The first-order chi connectivity index (χ1) is 38.1. The molecule has 1 unspecified atom stereocenters. The monoisotopic (exact) mass is 1220 g/mol. The van der Waals surface area contributed by atoms with Gasteiger partial charge in [-0.05, 0) is 55.5 Å². The second kappa shape index (κ2) is 34.1. The van der Waals surface area contributed by atoms with Crippen LogP contribution in [-0.2, 0) is 63.7 Å². The van der Waals surface area contributed by atoms with E-state index >= 15 is 0 Å². The first-order valence-corrected chi connectivity index (χ1v) is 29.1. The van der Waals surface area contributed by atoms with E-state index in [4.69, 9.17) is 52.0 Å². The van der Waals surface area contributed by atoms with E-state index in [0.717, 1.165) is 27.7 Å². The van der Waals surface area contributed by atoms with Crippen molar-refractivity contribution in [3.8, 4) is 5.75 Å². The number of ketones is 1. The second-order valence-electron chi connectivity index (χ2n) is 20.3. The molecule has 0 aromatic heterocycles. The summed E-state index contributed by atoms with van der Waals surface area (Å²) in [5.41, 5.74) is -0.333. The van der Waals surface area contributed by atoms with Gasteiger partial charge in [0.2, 0.25) is 17.7 Å². The molecule has 450 valence electrons. The highest BCUT2D eigenvalue weighted by atomic mass is 35.5. The summed E-state index contributed by atoms with van der Waals surface area (Å²) >= 11 is 13.5. The Morgan fingerprint density at radius 3 is 2.21 bits per heavy atom. The highest BCUT2D eigenvalue weighted by Gasteiger charge is 2.42. The van der Waals surface area contributed by atoms with E-state index in [0.29, 0.717) is 16.9 Å². The van der Waals surface area contributed by atoms with Crippen LogP contribution in [-0.4, -0.2) is 171 Å². The Morgan fingerprint density at radius 2 is 1.60 bits per heavy atom. The summed E-state index contributed by atoms with van der Waals surface area (Å²) in [4.78, 5) is 119. The average Bonchev–Trinajstić information content (AvgIpc) is 3.42. The molecule has 0 saturated heterocycles. The van der Waals surface area contributed by atoms with Gasteiger partial charge in [0.05, 0.1) is 48.0 Å². The number of cyclic esters (lactones) is 2. The minimum absolute atomic E-state index is 0.0159. The number of benzene rings is 2. The maximum Gasteiger partial charge on any atom is 0.508 e. The van der Waals surface area contributed by atoms with Crippen molar-refractivity contribution in [3.63, 3.8) is 0 Å². The summed E-state index contributed by atoms with van der Waals surface area (Å²) in [7, 11) is 3.36. The van der Waals surface area contributed by atoms with Crippen molar-refractivity contribution in [2.45, 2.75) is 128 Å². The lowest BCUT2D eigenvalue weighted by Crippen LogP contribution is -2.52. The second-order valence-corrected chi connectivity index (χ2v) is 23.8. The zero-order valence-electron chi connectivity index (χ0n) is 45.8. The Labute approximate surface area is 487 Å². The number of carbonyl (C=O) groups excluding carboxylic acids is 7. The summed E-state index contributed by atoms with van der Waals surface area (Å²) in [6.07, 6.45) is -10.7. The molecule has 0 bridgehead atoms. The summed E-state index contributed by atoms with van der Waals surface area (Å²) in [5, 5.41) is 66.1. The maximum absolute atomic E-state index is 14.2. The van der Waals surface area contributed by atoms with Gasteiger partial charge in [0.15, 0.2) is 6.10 Å².